The molecule has 0 radical (unpaired) electrons. The third-order valence-electron chi connectivity index (χ3n) is 3.29. The summed E-state index contributed by atoms with van der Waals surface area (Å²) in [5.74, 6) is 1.48. The van der Waals surface area contributed by atoms with E-state index in [0.717, 1.165) is 5.56 Å². The number of nitrogens with one attached hydrogen (secondary N) is 1. The second-order valence-corrected chi connectivity index (χ2v) is 5.83. The molecule has 2 heterocycles. The van der Waals surface area contributed by atoms with E-state index in [-0.39, 0.29) is 18.1 Å². The van der Waals surface area contributed by atoms with Gasteiger partial charge in [-0.15, -0.1) is 0 Å². The van der Waals surface area contributed by atoms with Crippen molar-refractivity contribution in [3.05, 3.63) is 29.1 Å². The molecule has 1 aliphatic heterocycles. The van der Waals surface area contributed by atoms with Crippen LogP contribution in [-0.2, 0) is 4.79 Å². The van der Waals surface area contributed by atoms with Crippen molar-refractivity contribution in [2.75, 3.05) is 0 Å². The van der Waals surface area contributed by atoms with Gasteiger partial charge in [0.1, 0.15) is 11.8 Å². The van der Waals surface area contributed by atoms with Crippen LogP contribution in [0, 0.1) is 0 Å². The zero-order valence-corrected chi connectivity index (χ0v) is 13.1. The number of amides is 1. The van der Waals surface area contributed by atoms with E-state index in [1.165, 1.54) is 0 Å². The van der Waals surface area contributed by atoms with Crippen LogP contribution in [-0.4, -0.2) is 22.2 Å². The molecule has 1 N–H and O–H groups in total. The van der Waals surface area contributed by atoms with Gasteiger partial charge in [0, 0.05) is 12.0 Å². The molecule has 1 fully saturated rings. The Bertz CT molecular complexity index is 699. The second-order valence-electron chi connectivity index (χ2n) is 5.43. The zero-order chi connectivity index (χ0) is 15.7. The Morgan fingerprint density at radius 1 is 1.45 bits per heavy atom. The van der Waals surface area contributed by atoms with Gasteiger partial charge in [-0.05, 0) is 38.5 Å². The van der Waals surface area contributed by atoms with Gasteiger partial charge in [-0.25, -0.2) is 0 Å². The number of hydrogen-bond donors (Lipinski definition) is 1. The standard InChI is InChI=1S/C15H16ClN3O3/c1-8(2)21-12-5-3-9(7-10(12)16)14-18-15(22-19-14)11-4-6-13(20)17-11/h3,5,7-8,11H,4,6H2,1-2H3,(H,17,20). The molecule has 0 aliphatic carbocycles. The minimum atomic E-state index is -0.201. The van der Waals surface area contributed by atoms with Crippen LogP contribution >= 0.6 is 11.6 Å². The Labute approximate surface area is 132 Å². The molecule has 116 valence electrons. The summed E-state index contributed by atoms with van der Waals surface area (Å²) >= 11 is 6.21. The molecular formula is C15H16ClN3O3. The minimum Gasteiger partial charge on any atom is -0.489 e. The summed E-state index contributed by atoms with van der Waals surface area (Å²) < 4.78 is 10.8. The van der Waals surface area contributed by atoms with Gasteiger partial charge in [-0.3, -0.25) is 4.79 Å². The Balaban J connectivity index is 1.81. The molecule has 1 aromatic heterocycles. The normalized spacial score (nSPS) is 17.8. The maximum absolute atomic E-state index is 11.2. The van der Waals surface area contributed by atoms with Gasteiger partial charge in [-0.1, -0.05) is 16.8 Å². The number of carbonyl (C=O) groups is 1. The van der Waals surface area contributed by atoms with E-state index in [2.05, 4.69) is 15.5 Å². The van der Waals surface area contributed by atoms with Crippen molar-refractivity contribution in [1.29, 1.82) is 0 Å². The molecular weight excluding hydrogens is 306 g/mol. The molecule has 22 heavy (non-hydrogen) atoms. The van der Waals surface area contributed by atoms with Crippen LogP contribution < -0.4 is 10.1 Å². The summed E-state index contributed by atoms with van der Waals surface area (Å²) in [5, 5.41) is 7.24. The third kappa shape index (κ3) is 3.06. The number of ether oxygens (including phenoxy) is 1. The Kier molecular flexibility index (Phi) is 4.02. The van der Waals surface area contributed by atoms with Crippen LogP contribution in [0.25, 0.3) is 11.4 Å². The average molecular weight is 322 g/mol. The predicted octanol–water partition coefficient (Wildman–Crippen LogP) is 3.13. The van der Waals surface area contributed by atoms with Gasteiger partial charge >= 0.3 is 0 Å². The summed E-state index contributed by atoms with van der Waals surface area (Å²) in [4.78, 5) is 15.6. The largest absolute Gasteiger partial charge is 0.489 e. The van der Waals surface area contributed by atoms with Crippen molar-refractivity contribution in [3.63, 3.8) is 0 Å². The number of rotatable bonds is 4. The molecule has 0 bridgehead atoms. The number of hydrogen-bond acceptors (Lipinski definition) is 5. The maximum Gasteiger partial charge on any atom is 0.249 e. The van der Waals surface area contributed by atoms with Crippen molar-refractivity contribution in [3.8, 4) is 17.1 Å². The van der Waals surface area contributed by atoms with Gasteiger partial charge < -0.3 is 14.6 Å². The second kappa shape index (κ2) is 5.96. The van der Waals surface area contributed by atoms with Crippen LogP contribution in [0.4, 0.5) is 0 Å². The molecule has 1 atom stereocenters. The van der Waals surface area contributed by atoms with Crippen molar-refractivity contribution in [2.45, 2.75) is 38.8 Å². The number of halogens is 1. The molecule has 2 aromatic rings. The molecule has 1 aromatic carbocycles. The van der Waals surface area contributed by atoms with E-state index in [0.29, 0.717) is 35.3 Å². The lowest BCUT2D eigenvalue weighted by molar-refractivity contribution is -0.119. The summed E-state index contributed by atoms with van der Waals surface area (Å²) in [6.07, 6.45) is 1.20. The van der Waals surface area contributed by atoms with Gasteiger partial charge in [-0.2, -0.15) is 4.98 Å². The van der Waals surface area contributed by atoms with Crippen molar-refractivity contribution >= 4 is 17.5 Å². The van der Waals surface area contributed by atoms with E-state index in [1.54, 1.807) is 12.1 Å². The van der Waals surface area contributed by atoms with Crippen LogP contribution in [0.5, 0.6) is 5.75 Å². The smallest absolute Gasteiger partial charge is 0.249 e. The summed E-state index contributed by atoms with van der Waals surface area (Å²) in [6, 6.07) is 5.14. The van der Waals surface area contributed by atoms with Crippen molar-refractivity contribution in [1.82, 2.24) is 15.5 Å². The molecule has 7 heteroatoms. The highest BCUT2D eigenvalue weighted by atomic mass is 35.5. The minimum absolute atomic E-state index is 0.00276. The number of nitrogens with zero attached hydrogens (tertiary/aromatic N) is 2. The van der Waals surface area contributed by atoms with E-state index in [9.17, 15) is 4.79 Å². The lowest BCUT2D eigenvalue weighted by Crippen LogP contribution is -2.18. The SMILES string of the molecule is CC(C)Oc1ccc(-c2noc(C3CCC(=O)N3)n2)cc1Cl. The van der Waals surface area contributed by atoms with Crippen LogP contribution in [0.1, 0.15) is 38.6 Å². The van der Waals surface area contributed by atoms with Crippen molar-refractivity contribution in [2.24, 2.45) is 0 Å². The predicted molar refractivity (Wildman–Crippen MR) is 80.6 cm³/mol. The first-order valence-corrected chi connectivity index (χ1v) is 7.50. The van der Waals surface area contributed by atoms with E-state index < -0.39 is 0 Å². The quantitative estimate of drug-likeness (QED) is 0.936. The lowest BCUT2D eigenvalue weighted by atomic mass is 10.2. The van der Waals surface area contributed by atoms with Gasteiger partial charge in [0.25, 0.3) is 0 Å². The van der Waals surface area contributed by atoms with Crippen LogP contribution in [0.2, 0.25) is 5.02 Å². The maximum atomic E-state index is 11.2. The zero-order valence-electron chi connectivity index (χ0n) is 12.3. The number of aromatic nitrogens is 2. The molecule has 1 unspecified atom stereocenters. The summed E-state index contributed by atoms with van der Waals surface area (Å²) in [6.45, 7) is 3.87. The lowest BCUT2D eigenvalue weighted by Gasteiger charge is -2.11. The number of carbonyl (C=O) groups excluding carboxylic acids is 1. The summed E-state index contributed by atoms with van der Waals surface area (Å²) in [5.41, 5.74) is 0.737. The molecule has 1 saturated heterocycles. The average Bonchev–Trinajstić information content (AvgIpc) is 3.09. The topological polar surface area (TPSA) is 77.2 Å². The summed E-state index contributed by atoms with van der Waals surface area (Å²) in [7, 11) is 0. The number of benzene rings is 1. The Hall–Kier alpha value is -2.08. The highest BCUT2D eigenvalue weighted by molar-refractivity contribution is 6.32. The van der Waals surface area contributed by atoms with Gasteiger partial charge in [0.05, 0.1) is 11.1 Å². The Morgan fingerprint density at radius 2 is 2.27 bits per heavy atom. The first kappa shape index (κ1) is 14.8. The van der Waals surface area contributed by atoms with Gasteiger partial charge in [0.15, 0.2) is 0 Å². The third-order valence-corrected chi connectivity index (χ3v) is 3.58. The molecule has 6 nitrogen and oxygen atoms in total. The van der Waals surface area contributed by atoms with Crippen LogP contribution in [0.15, 0.2) is 22.7 Å². The van der Waals surface area contributed by atoms with Crippen LogP contribution in [0.3, 0.4) is 0 Å². The molecule has 0 spiro atoms. The van der Waals surface area contributed by atoms with E-state index in [1.807, 2.05) is 19.9 Å². The van der Waals surface area contributed by atoms with E-state index in [4.69, 9.17) is 20.9 Å². The molecule has 3 rings (SSSR count). The highest BCUT2D eigenvalue weighted by Crippen LogP contribution is 2.31. The fraction of sp³-hybridized carbons (Fsp3) is 0.400. The van der Waals surface area contributed by atoms with Gasteiger partial charge in [0.2, 0.25) is 17.6 Å². The van der Waals surface area contributed by atoms with Crippen molar-refractivity contribution < 1.29 is 14.1 Å². The molecule has 1 aliphatic rings. The highest BCUT2D eigenvalue weighted by Gasteiger charge is 2.27. The molecule has 1 amide bonds. The first-order valence-electron chi connectivity index (χ1n) is 7.12. The Morgan fingerprint density at radius 3 is 2.91 bits per heavy atom. The first-order chi connectivity index (χ1) is 10.5. The fourth-order valence-electron chi connectivity index (χ4n) is 2.28. The monoisotopic (exact) mass is 321 g/mol. The van der Waals surface area contributed by atoms with E-state index >= 15 is 0 Å². The molecule has 0 saturated carbocycles. The fourth-order valence-corrected chi connectivity index (χ4v) is 2.51.